The maximum Gasteiger partial charge on any atom is 0.116 e. The van der Waals surface area contributed by atoms with Gasteiger partial charge in [-0.25, -0.2) is 9.97 Å². The van der Waals surface area contributed by atoms with Gasteiger partial charge in [-0.2, -0.15) is 0 Å². The first-order valence-corrected chi connectivity index (χ1v) is 6.14. The van der Waals surface area contributed by atoms with E-state index in [1.54, 1.807) is 6.33 Å². The van der Waals surface area contributed by atoms with Gasteiger partial charge in [0.1, 0.15) is 6.33 Å². The molecule has 0 unspecified atom stereocenters. The smallest absolute Gasteiger partial charge is 0.116 e. The van der Waals surface area contributed by atoms with Gasteiger partial charge in [0, 0.05) is 11.8 Å². The van der Waals surface area contributed by atoms with E-state index in [-0.39, 0.29) is 0 Å². The van der Waals surface area contributed by atoms with Gasteiger partial charge in [0.15, 0.2) is 0 Å². The molecule has 0 atom stereocenters. The summed E-state index contributed by atoms with van der Waals surface area (Å²) in [5.41, 5.74) is 3.38. The van der Waals surface area contributed by atoms with E-state index in [4.69, 9.17) is 0 Å². The second-order valence-electron chi connectivity index (χ2n) is 4.32. The molecule has 0 saturated heterocycles. The zero-order chi connectivity index (χ0) is 12.2. The molecular weight excluding hydrogens is 220 g/mol. The van der Waals surface area contributed by atoms with E-state index in [9.17, 15) is 0 Å². The molecule has 1 aromatic heterocycles. The van der Waals surface area contributed by atoms with Crippen LogP contribution >= 0.6 is 0 Å². The van der Waals surface area contributed by atoms with Crippen LogP contribution in [-0.4, -0.2) is 9.97 Å². The minimum atomic E-state index is 0.851. The summed E-state index contributed by atoms with van der Waals surface area (Å²) in [5.74, 6) is 0. The fourth-order valence-corrected chi connectivity index (χ4v) is 2.14. The molecule has 3 rings (SSSR count). The molecule has 2 nitrogen and oxygen atoms in total. The third kappa shape index (κ3) is 2.23. The number of para-hydroxylation sites is 1. The summed E-state index contributed by atoms with van der Waals surface area (Å²) in [7, 11) is 0. The van der Waals surface area contributed by atoms with Crippen molar-refractivity contribution >= 4 is 10.9 Å². The van der Waals surface area contributed by atoms with Crippen molar-refractivity contribution < 1.29 is 0 Å². The third-order valence-electron chi connectivity index (χ3n) is 3.05. The first-order valence-electron chi connectivity index (χ1n) is 6.14. The monoisotopic (exact) mass is 234 g/mol. The maximum absolute atomic E-state index is 4.42. The second kappa shape index (κ2) is 4.96. The Morgan fingerprint density at radius 1 is 1.06 bits per heavy atom. The van der Waals surface area contributed by atoms with Crippen LogP contribution in [0.25, 0.3) is 10.9 Å². The Hall–Kier alpha value is -2.22. The highest BCUT2D eigenvalue weighted by Crippen LogP contribution is 2.18. The quantitative estimate of drug-likeness (QED) is 0.793. The van der Waals surface area contributed by atoms with Crippen molar-refractivity contribution in [3.8, 4) is 0 Å². The van der Waals surface area contributed by atoms with E-state index >= 15 is 0 Å². The van der Waals surface area contributed by atoms with Crippen molar-refractivity contribution in [1.82, 2.24) is 9.97 Å². The molecule has 0 radical (unpaired) electrons. The van der Waals surface area contributed by atoms with Crippen molar-refractivity contribution in [3.63, 3.8) is 0 Å². The predicted octanol–water partition coefficient (Wildman–Crippen LogP) is 3.61. The number of fused-ring (bicyclic) bond motifs is 1. The molecule has 18 heavy (non-hydrogen) atoms. The standard InChI is InChI=1S/C16H14N2/c1-2-4-8-13(7-3-1)11-16-14-9-5-6-10-15(14)17-12-18-16/h1,3-10,12H,2,11H2. The van der Waals surface area contributed by atoms with Crippen molar-refractivity contribution in [1.29, 1.82) is 0 Å². The van der Waals surface area contributed by atoms with E-state index in [0.29, 0.717) is 0 Å². The molecule has 88 valence electrons. The summed E-state index contributed by atoms with van der Waals surface area (Å²) >= 11 is 0. The summed E-state index contributed by atoms with van der Waals surface area (Å²) in [6, 6.07) is 8.15. The average Bonchev–Trinajstić information content (AvgIpc) is 2.68. The Morgan fingerprint density at radius 3 is 3.00 bits per heavy atom. The highest BCUT2D eigenvalue weighted by molar-refractivity contribution is 5.80. The molecule has 0 bridgehead atoms. The van der Waals surface area contributed by atoms with Crippen LogP contribution in [0.5, 0.6) is 0 Å². The van der Waals surface area contributed by atoms with Crippen LogP contribution in [0.4, 0.5) is 0 Å². The Morgan fingerprint density at radius 2 is 2.00 bits per heavy atom. The van der Waals surface area contributed by atoms with E-state index < -0.39 is 0 Å². The van der Waals surface area contributed by atoms with Crippen LogP contribution < -0.4 is 0 Å². The van der Waals surface area contributed by atoms with Gasteiger partial charge in [0.2, 0.25) is 0 Å². The van der Waals surface area contributed by atoms with E-state index in [0.717, 1.165) is 29.4 Å². The second-order valence-corrected chi connectivity index (χ2v) is 4.32. The molecule has 2 heteroatoms. The summed E-state index contributed by atoms with van der Waals surface area (Å²) in [6.45, 7) is 0. The van der Waals surface area contributed by atoms with E-state index in [2.05, 4.69) is 46.4 Å². The fourth-order valence-electron chi connectivity index (χ4n) is 2.14. The number of benzene rings is 1. The Labute approximate surface area is 106 Å². The molecule has 1 aliphatic rings. The van der Waals surface area contributed by atoms with Crippen LogP contribution in [-0.2, 0) is 6.42 Å². The van der Waals surface area contributed by atoms with Crippen molar-refractivity contribution in [3.05, 3.63) is 72.2 Å². The lowest BCUT2D eigenvalue weighted by Crippen LogP contribution is -1.95. The first-order chi connectivity index (χ1) is 8.93. The number of hydrogen-bond donors (Lipinski definition) is 0. The fraction of sp³-hybridized carbons (Fsp3) is 0.125. The van der Waals surface area contributed by atoms with E-state index in [1.165, 1.54) is 5.57 Å². The number of rotatable bonds is 2. The zero-order valence-corrected chi connectivity index (χ0v) is 10.1. The van der Waals surface area contributed by atoms with Crippen molar-refractivity contribution in [2.24, 2.45) is 0 Å². The highest BCUT2D eigenvalue weighted by Gasteiger charge is 2.04. The largest absolute Gasteiger partial charge is 0.240 e. The lowest BCUT2D eigenvalue weighted by molar-refractivity contribution is 1.06. The molecule has 1 aromatic carbocycles. The number of allylic oxidation sites excluding steroid dienone is 6. The molecule has 0 fully saturated rings. The summed E-state index contributed by atoms with van der Waals surface area (Å²) in [5, 5.41) is 1.14. The number of nitrogens with zero attached hydrogens (tertiary/aromatic N) is 2. The molecule has 1 heterocycles. The molecule has 0 N–H and O–H groups in total. The average molecular weight is 234 g/mol. The SMILES string of the molecule is C1=CCC=CC(Cc2ncnc3ccccc23)=C1. The Bertz CT molecular complexity index is 646. The molecule has 0 amide bonds. The van der Waals surface area contributed by atoms with Crippen molar-refractivity contribution in [2.75, 3.05) is 0 Å². The Balaban J connectivity index is 2.00. The van der Waals surface area contributed by atoms with Crippen LogP contribution in [0, 0.1) is 0 Å². The number of aromatic nitrogens is 2. The van der Waals surface area contributed by atoms with Gasteiger partial charge in [-0.1, -0.05) is 48.6 Å². The highest BCUT2D eigenvalue weighted by atomic mass is 14.8. The van der Waals surface area contributed by atoms with Crippen LogP contribution in [0.15, 0.2) is 66.5 Å². The molecule has 0 spiro atoms. The predicted molar refractivity (Wildman–Crippen MR) is 74.2 cm³/mol. The molecule has 0 saturated carbocycles. The normalized spacial score (nSPS) is 14.6. The Kier molecular flexibility index (Phi) is 3.01. The minimum absolute atomic E-state index is 0.851. The summed E-state index contributed by atoms with van der Waals surface area (Å²) < 4.78 is 0. The van der Waals surface area contributed by atoms with Gasteiger partial charge in [0.25, 0.3) is 0 Å². The third-order valence-corrected chi connectivity index (χ3v) is 3.05. The van der Waals surface area contributed by atoms with Crippen LogP contribution in [0.2, 0.25) is 0 Å². The first kappa shape index (κ1) is 10.9. The van der Waals surface area contributed by atoms with Gasteiger partial charge in [-0.15, -0.1) is 0 Å². The van der Waals surface area contributed by atoms with Gasteiger partial charge < -0.3 is 0 Å². The van der Waals surface area contributed by atoms with Gasteiger partial charge in [-0.3, -0.25) is 0 Å². The molecule has 0 aliphatic heterocycles. The molecular formula is C16H14N2. The summed E-state index contributed by atoms with van der Waals surface area (Å²) in [6.07, 6.45) is 14.3. The van der Waals surface area contributed by atoms with Gasteiger partial charge >= 0.3 is 0 Å². The lowest BCUT2D eigenvalue weighted by Gasteiger charge is -2.05. The zero-order valence-electron chi connectivity index (χ0n) is 10.1. The maximum atomic E-state index is 4.42. The van der Waals surface area contributed by atoms with Crippen LogP contribution in [0.3, 0.4) is 0 Å². The van der Waals surface area contributed by atoms with E-state index in [1.807, 2.05) is 18.2 Å². The van der Waals surface area contributed by atoms with Gasteiger partial charge in [0.05, 0.1) is 11.2 Å². The number of hydrogen-bond acceptors (Lipinski definition) is 2. The van der Waals surface area contributed by atoms with Gasteiger partial charge in [-0.05, 0) is 18.1 Å². The van der Waals surface area contributed by atoms with Crippen molar-refractivity contribution in [2.45, 2.75) is 12.8 Å². The van der Waals surface area contributed by atoms with Crippen LogP contribution in [0.1, 0.15) is 12.1 Å². The summed E-state index contributed by atoms with van der Waals surface area (Å²) in [4.78, 5) is 8.71. The molecule has 1 aliphatic carbocycles. The minimum Gasteiger partial charge on any atom is -0.240 e. The topological polar surface area (TPSA) is 25.8 Å². The lowest BCUT2D eigenvalue weighted by atomic mass is 10.1. The molecule has 2 aromatic rings.